The molecule has 6 nitrogen and oxygen atoms in total. The van der Waals surface area contributed by atoms with Crippen LogP contribution in [0.5, 0.6) is 0 Å². The van der Waals surface area contributed by atoms with Crippen molar-refractivity contribution < 1.29 is 4.79 Å². The Kier molecular flexibility index (Phi) is 8.53. The van der Waals surface area contributed by atoms with Gasteiger partial charge in [-0.3, -0.25) is 9.36 Å². The van der Waals surface area contributed by atoms with Crippen LogP contribution in [0.1, 0.15) is 50.6 Å². The van der Waals surface area contributed by atoms with Gasteiger partial charge in [0.05, 0.1) is 16.5 Å². The zero-order valence-electron chi connectivity index (χ0n) is 18.6. The number of nitrogens with zero attached hydrogens (tertiary/aromatic N) is 4. The Morgan fingerprint density at radius 2 is 1.76 bits per heavy atom. The molecule has 1 heterocycles. The van der Waals surface area contributed by atoms with E-state index in [4.69, 9.17) is 34.8 Å². The number of benzene rings is 2. The van der Waals surface area contributed by atoms with Gasteiger partial charge in [-0.15, -0.1) is 10.2 Å². The Bertz CT molecular complexity index is 1190. The molecule has 178 valence electrons. The van der Waals surface area contributed by atoms with Crippen molar-refractivity contribution in [3.8, 4) is 11.4 Å². The Morgan fingerprint density at radius 3 is 2.47 bits per heavy atom. The second-order valence-corrected chi connectivity index (χ2v) is 10.3. The quantitative estimate of drug-likeness (QED) is 0.200. The number of hydrogen-bond acceptors (Lipinski definition) is 5. The van der Waals surface area contributed by atoms with Crippen molar-refractivity contribution in [2.45, 2.75) is 50.2 Å². The minimum absolute atomic E-state index is 0.163. The van der Waals surface area contributed by atoms with E-state index in [1.165, 1.54) is 31.0 Å². The van der Waals surface area contributed by atoms with E-state index in [2.05, 4.69) is 25.3 Å². The highest BCUT2D eigenvalue weighted by atomic mass is 35.5. The molecule has 0 saturated heterocycles. The van der Waals surface area contributed by atoms with E-state index in [1.807, 2.05) is 24.3 Å². The molecule has 0 atom stereocenters. The Hall–Kier alpha value is -2.06. The number of hydrogen-bond donors (Lipinski definition) is 1. The number of thioether (sulfide) groups is 1. The van der Waals surface area contributed by atoms with Gasteiger partial charge in [-0.05, 0) is 56.2 Å². The van der Waals surface area contributed by atoms with E-state index in [9.17, 15) is 4.79 Å². The fraction of sp³-hybridized carbons (Fsp3) is 0.333. The molecule has 4 rings (SSSR count). The Labute approximate surface area is 218 Å². The highest BCUT2D eigenvalue weighted by molar-refractivity contribution is 7.99. The number of rotatable bonds is 7. The molecular weight excluding hydrogens is 513 g/mol. The van der Waals surface area contributed by atoms with Gasteiger partial charge in [0, 0.05) is 27.2 Å². The molecule has 0 bridgehead atoms. The zero-order valence-corrected chi connectivity index (χ0v) is 21.7. The molecule has 1 N–H and O–H groups in total. The predicted octanol–water partition coefficient (Wildman–Crippen LogP) is 7.04. The number of halogens is 3. The Balaban J connectivity index is 1.47. The molecule has 1 amide bonds. The largest absolute Gasteiger partial charge is 0.299 e. The number of carbonyl (C=O) groups is 1. The predicted molar refractivity (Wildman–Crippen MR) is 140 cm³/mol. The highest BCUT2D eigenvalue weighted by Crippen LogP contribution is 2.35. The van der Waals surface area contributed by atoms with Gasteiger partial charge in [0.1, 0.15) is 0 Å². The molecule has 1 fully saturated rings. The lowest BCUT2D eigenvalue weighted by Crippen LogP contribution is -2.22. The first kappa shape index (κ1) is 25.0. The summed E-state index contributed by atoms with van der Waals surface area (Å²) in [5.41, 5.74) is 4.86. The lowest BCUT2D eigenvalue weighted by molar-refractivity contribution is -0.118. The van der Waals surface area contributed by atoms with Crippen LogP contribution >= 0.6 is 46.6 Å². The maximum atomic E-state index is 12.5. The van der Waals surface area contributed by atoms with Gasteiger partial charge in [0.15, 0.2) is 11.0 Å². The second kappa shape index (κ2) is 11.6. The molecule has 10 heteroatoms. The average molecular weight is 537 g/mol. The summed E-state index contributed by atoms with van der Waals surface area (Å²) < 4.78 is 2.18. The molecule has 3 aromatic rings. The van der Waals surface area contributed by atoms with Crippen molar-refractivity contribution in [3.05, 3.63) is 63.1 Å². The fourth-order valence-electron chi connectivity index (χ4n) is 3.99. The van der Waals surface area contributed by atoms with Crippen molar-refractivity contribution in [2.24, 2.45) is 5.10 Å². The van der Waals surface area contributed by atoms with Crippen molar-refractivity contribution in [1.29, 1.82) is 0 Å². The summed E-state index contributed by atoms with van der Waals surface area (Å²) in [5, 5.41) is 15.5. The maximum absolute atomic E-state index is 12.5. The van der Waals surface area contributed by atoms with Gasteiger partial charge in [0.2, 0.25) is 0 Å². The van der Waals surface area contributed by atoms with Crippen LogP contribution in [0.15, 0.2) is 52.7 Å². The van der Waals surface area contributed by atoms with Gasteiger partial charge < -0.3 is 0 Å². The van der Waals surface area contributed by atoms with Crippen LogP contribution in [0, 0.1) is 0 Å². The topological polar surface area (TPSA) is 72.2 Å². The number of hydrazone groups is 1. The first-order chi connectivity index (χ1) is 16.4. The van der Waals surface area contributed by atoms with Gasteiger partial charge in [-0.1, -0.05) is 71.9 Å². The van der Waals surface area contributed by atoms with Crippen LogP contribution in [0.4, 0.5) is 0 Å². The minimum Gasteiger partial charge on any atom is -0.299 e. The molecule has 0 spiro atoms. The van der Waals surface area contributed by atoms with Crippen molar-refractivity contribution in [1.82, 2.24) is 20.2 Å². The molecule has 0 unspecified atom stereocenters. The molecule has 1 aliphatic carbocycles. The lowest BCUT2D eigenvalue weighted by atomic mass is 9.95. The van der Waals surface area contributed by atoms with Gasteiger partial charge in [0.25, 0.3) is 5.91 Å². The second-order valence-electron chi connectivity index (χ2n) is 8.12. The van der Waals surface area contributed by atoms with Crippen LogP contribution in [0.2, 0.25) is 15.1 Å². The van der Waals surface area contributed by atoms with Gasteiger partial charge >= 0.3 is 0 Å². The molecule has 1 aliphatic rings. The average Bonchev–Trinajstić information content (AvgIpc) is 3.26. The van der Waals surface area contributed by atoms with Crippen LogP contribution in [-0.4, -0.2) is 32.1 Å². The van der Waals surface area contributed by atoms with Gasteiger partial charge in [-0.25, -0.2) is 5.43 Å². The normalized spacial score (nSPS) is 14.9. The van der Waals surface area contributed by atoms with Crippen LogP contribution in [0.3, 0.4) is 0 Å². The SMILES string of the molecule is C/C(=N\NC(=O)CSc1nnc(-c2ccc(Cl)cc2)n1C1CCCCC1)c1ccc(Cl)cc1Cl. The first-order valence-electron chi connectivity index (χ1n) is 11.0. The van der Waals surface area contributed by atoms with Crippen LogP contribution in [0.25, 0.3) is 11.4 Å². The summed E-state index contributed by atoms with van der Waals surface area (Å²) >= 11 is 19.6. The highest BCUT2D eigenvalue weighted by Gasteiger charge is 2.24. The van der Waals surface area contributed by atoms with E-state index in [-0.39, 0.29) is 11.7 Å². The number of carbonyl (C=O) groups excluding carboxylic acids is 1. The van der Waals surface area contributed by atoms with Crippen molar-refractivity contribution in [2.75, 3.05) is 5.75 Å². The first-order valence-corrected chi connectivity index (χ1v) is 13.2. The van der Waals surface area contributed by atoms with E-state index < -0.39 is 0 Å². The zero-order chi connectivity index (χ0) is 24.1. The van der Waals surface area contributed by atoms with Crippen LogP contribution < -0.4 is 5.43 Å². The van der Waals surface area contributed by atoms with Gasteiger partial charge in [-0.2, -0.15) is 5.10 Å². The number of nitrogens with one attached hydrogen (secondary N) is 1. The Morgan fingerprint density at radius 1 is 1.06 bits per heavy atom. The third-order valence-electron chi connectivity index (χ3n) is 5.71. The number of aromatic nitrogens is 3. The third-order valence-corrected chi connectivity index (χ3v) is 7.45. The summed E-state index contributed by atoms with van der Waals surface area (Å²) in [6, 6.07) is 13.1. The van der Waals surface area contributed by atoms with Crippen molar-refractivity contribution in [3.63, 3.8) is 0 Å². The molecule has 34 heavy (non-hydrogen) atoms. The summed E-state index contributed by atoms with van der Waals surface area (Å²) in [6.45, 7) is 1.78. The fourth-order valence-corrected chi connectivity index (χ4v) is 5.46. The standard InChI is InChI=1S/C24H24Cl3N5OS/c1-15(20-12-11-18(26)13-21(20)27)28-29-22(33)14-34-24-31-30-23(16-7-9-17(25)10-8-16)32(24)19-5-3-2-4-6-19/h7-13,19H,2-6,14H2,1H3,(H,29,33)/b28-15+. The van der Waals surface area contributed by atoms with E-state index >= 15 is 0 Å². The maximum Gasteiger partial charge on any atom is 0.250 e. The lowest BCUT2D eigenvalue weighted by Gasteiger charge is -2.25. The third kappa shape index (κ3) is 6.13. The summed E-state index contributed by atoms with van der Waals surface area (Å²) in [4.78, 5) is 12.5. The van der Waals surface area contributed by atoms with E-state index in [0.29, 0.717) is 32.4 Å². The monoisotopic (exact) mass is 535 g/mol. The molecule has 0 aliphatic heterocycles. The molecule has 1 aromatic heterocycles. The molecule has 2 aromatic carbocycles. The molecule has 0 radical (unpaired) electrons. The summed E-state index contributed by atoms with van der Waals surface area (Å²) in [5.74, 6) is 0.731. The minimum atomic E-state index is -0.235. The smallest absolute Gasteiger partial charge is 0.250 e. The van der Waals surface area contributed by atoms with E-state index in [0.717, 1.165) is 29.4 Å². The van der Waals surface area contributed by atoms with E-state index in [1.54, 1.807) is 25.1 Å². The molecule has 1 saturated carbocycles. The van der Waals surface area contributed by atoms with Crippen molar-refractivity contribution >= 4 is 58.2 Å². The molecular formula is C24H24Cl3N5OS. The summed E-state index contributed by atoms with van der Waals surface area (Å²) in [6.07, 6.45) is 5.74. The van der Waals surface area contributed by atoms with Crippen LogP contribution in [-0.2, 0) is 4.79 Å². The number of amides is 1. The summed E-state index contributed by atoms with van der Waals surface area (Å²) in [7, 11) is 0.